The van der Waals surface area contributed by atoms with Gasteiger partial charge in [-0.25, -0.2) is 4.57 Å². The number of esters is 3. The van der Waals surface area contributed by atoms with Crippen molar-refractivity contribution in [1.82, 2.24) is 0 Å². The monoisotopic (exact) mass is 1000 g/mol. The van der Waals surface area contributed by atoms with Crippen LogP contribution >= 0.6 is 7.82 Å². The van der Waals surface area contributed by atoms with E-state index in [9.17, 15) is 28.9 Å². The van der Waals surface area contributed by atoms with Crippen LogP contribution in [0.1, 0.15) is 226 Å². The SMILES string of the molecule is CC/C=C\C/C=C\C/C=C\CCCCCCCC(=O)OCC(COP(=O)(O)OCC(CO)OC(=O)CCCCCCC/C=C\CCCCCC)OC(=O)CCCCCCC/C=C\C/C=C\C/C=C\CC. The first kappa shape index (κ1) is 66.7. The van der Waals surface area contributed by atoms with Crippen LogP contribution in [0.2, 0.25) is 0 Å². The number of phosphoric ester groups is 1. The highest BCUT2D eigenvalue weighted by Crippen LogP contribution is 2.43. The van der Waals surface area contributed by atoms with Gasteiger partial charge in [0.2, 0.25) is 0 Å². The molecule has 11 nitrogen and oxygen atoms in total. The Bertz CT molecular complexity index is 1500. The Hall–Kier alpha value is -3.34. The molecule has 0 fully saturated rings. The Balaban J connectivity index is 4.80. The van der Waals surface area contributed by atoms with Crippen molar-refractivity contribution >= 4 is 25.7 Å². The molecule has 0 saturated heterocycles. The lowest BCUT2D eigenvalue weighted by Crippen LogP contribution is -2.30. The van der Waals surface area contributed by atoms with Crippen LogP contribution in [-0.2, 0) is 42.2 Å². The molecule has 0 aliphatic heterocycles. The van der Waals surface area contributed by atoms with Crippen LogP contribution in [-0.4, -0.2) is 66.5 Å². The summed E-state index contributed by atoms with van der Waals surface area (Å²) >= 11 is 0. The van der Waals surface area contributed by atoms with Gasteiger partial charge in [0.1, 0.15) is 12.7 Å². The molecule has 0 saturated carbocycles. The lowest BCUT2D eigenvalue weighted by atomic mass is 10.1. The molecule has 0 spiro atoms. The molecule has 0 aromatic heterocycles. The third-order valence-corrected chi connectivity index (χ3v) is 12.2. The summed E-state index contributed by atoms with van der Waals surface area (Å²) < 4.78 is 39.4. The fourth-order valence-corrected chi connectivity index (χ4v) is 7.93. The molecule has 0 bridgehead atoms. The number of hydrogen-bond donors (Lipinski definition) is 2. The second kappa shape index (κ2) is 52.0. The van der Waals surface area contributed by atoms with Crippen LogP contribution in [0.4, 0.5) is 0 Å². The maximum absolute atomic E-state index is 12.9. The average Bonchev–Trinajstić information content (AvgIpc) is 3.35. The maximum Gasteiger partial charge on any atom is 0.472 e. The molecule has 402 valence electrons. The number of carbonyl (C=O) groups is 3. The Kier molecular flexibility index (Phi) is 49.5. The van der Waals surface area contributed by atoms with E-state index in [4.69, 9.17) is 23.3 Å². The minimum atomic E-state index is -4.76. The van der Waals surface area contributed by atoms with E-state index in [2.05, 4.69) is 106 Å². The highest BCUT2D eigenvalue weighted by atomic mass is 31.2. The number of phosphoric acid groups is 1. The number of rotatable bonds is 50. The van der Waals surface area contributed by atoms with E-state index >= 15 is 0 Å². The molecule has 0 aromatic carbocycles. The topological polar surface area (TPSA) is 155 Å². The second-order valence-corrected chi connectivity index (χ2v) is 19.4. The van der Waals surface area contributed by atoms with Gasteiger partial charge in [0.05, 0.1) is 19.8 Å². The summed E-state index contributed by atoms with van der Waals surface area (Å²) in [7, 11) is -4.76. The maximum atomic E-state index is 12.9. The van der Waals surface area contributed by atoms with E-state index in [1.54, 1.807) is 0 Å². The van der Waals surface area contributed by atoms with Crippen LogP contribution in [0.15, 0.2) is 85.1 Å². The van der Waals surface area contributed by atoms with Gasteiger partial charge in [-0.3, -0.25) is 23.4 Å². The molecular weight excluding hydrogens is 904 g/mol. The van der Waals surface area contributed by atoms with Gasteiger partial charge in [-0.15, -0.1) is 0 Å². The Morgan fingerprint density at radius 1 is 0.414 bits per heavy atom. The number of hydrogen-bond acceptors (Lipinski definition) is 10. The predicted molar refractivity (Wildman–Crippen MR) is 288 cm³/mol. The first-order valence-electron chi connectivity index (χ1n) is 27.5. The molecule has 0 aliphatic rings. The predicted octanol–water partition coefficient (Wildman–Crippen LogP) is 15.9. The second-order valence-electron chi connectivity index (χ2n) is 18.0. The molecule has 3 atom stereocenters. The van der Waals surface area contributed by atoms with Crippen molar-refractivity contribution in [2.24, 2.45) is 0 Å². The summed E-state index contributed by atoms with van der Waals surface area (Å²) in [5.74, 6) is -1.52. The number of aliphatic hydroxyl groups excluding tert-OH is 1. The van der Waals surface area contributed by atoms with Crippen molar-refractivity contribution in [1.29, 1.82) is 0 Å². The van der Waals surface area contributed by atoms with Crippen molar-refractivity contribution in [2.45, 2.75) is 238 Å². The van der Waals surface area contributed by atoms with Crippen molar-refractivity contribution in [3.63, 3.8) is 0 Å². The zero-order valence-electron chi connectivity index (χ0n) is 44.2. The van der Waals surface area contributed by atoms with Gasteiger partial charge >= 0.3 is 25.7 Å². The number of aliphatic hydroxyl groups is 1. The third-order valence-electron chi connectivity index (χ3n) is 11.3. The van der Waals surface area contributed by atoms with Gasteiger partial charge < -0.3 is 24.2 Å². The van der Waals surface area contributed by atoms with Gasteiger partial charge in [-0.1, -0.05) is 183 Å². The molecule has 0 radical (unpaired) electrons. The highest BCUT2D eigenvalue weighted by molar-refractivity contribution is 7.47. The summed E-state index contributed by atoms with van der Waals surface area (Å²) in [6.07, 6.45) is 58.3. The standard InChI is InChI=1S/C58H99O11P/c1-4-7-10-13-16-19-22-25-27-30-32-35-38-41-44-47-56(60)65-51-55(69-58(62)49-46-43-40-37-34-31-28-26-23-20-17-14-11-8-5-2)53-67-70(63,64)66-52-54(50-59)68-57(61)48-45-42-39-36-33-29-24-21-18-15-12-9-6-3/h7-8,10-11,16-17,19-21,24-28,54-55,59H,4-6,9,12-15,18,22-23,29-53H2,1-3H3,(H,63,64)/b10-7-,11-8-,19-16-,20-17-,24-21-,27-25-,28-26-. The average molecular weight is 1000 g/mol. The molecule has 0 aromatic rings. The van der Waals surface area contributed by atoms with Gasteiger partial charge in [0, 0.05) is 19.3 Å². The summed E-state index contributed by atoms with van der Waals surface area (Å²) in [5, 5.41) is 9.79. The van der Waals surface area contributed by atoms with Crippen molar-refractivity contribution in [3.05, 3.63) is 85.1 Å². The normalized spacial score (nSPS) is 14.1. The highest BCUT2D eigenvalue weighted by Gasteiger charge is 2.28. The van der Waals surface area contributed by atoms with E-state index in [1.807, 2.05) is 0 Å². The van der Waals surface area contributed by atoms with Crippen LogP contribution in [0.3, 0.4) is 0 Å². The summed E-state index contributed by atoms with van der Waals surface area (Å²) in [4.78, 5) is 48.4. The minimum absolute atomic E-state index is 0.141. The van der Waals surface area contributed by atoms with Crippen LogP contribution in [0.25, 0.3) is 0 Å². The number of allylic oxidation sites excluding steroid dienone is 14. The quantitative estimate of drug-likeness (QED) is 0.0197. The first-order chi connectivity index (χ1) is 34.2. The molecule has 0 heterocycles. The summed E-state index contributed by atoms with van der Waals surface area (Å²) in [6, 6.07) is 0. The number of unbranched alkanes of at least 4 members (excludes halogenated alkanes) is 19. The minimum Gasteiger partial charge on any atom is -0.462 e. The van der Waals surface area contributed by atoms with Crippen LogP contribution < -0.4 is 0 Å². The van der Waals surface area contributed by atoms with Gasteiger partial charge in [-0.05, 0) is 109 Å². The van der Waals surface area contributed by atoms with Crippen LogP contribution in [0, 0.1) is 0 Å². The fraction of sp³-hybridized carbons (Fsp3) is 0.707. The molecule has 12 heteroatoms. The Morgan fingerprint density at radius 2 is 0.743 bits per heavy atom. The van der Waals surface area contributed by atoms with Gasteiger partial charge in [-0.2, -0.15) is 0 Å². The molecule has 0 aliphatic carbocycles. The van der Waals surface area contributed by atoms with E-state index in [-0.39, 0.29) is 25.9 Å². The van der Waals surface area contributed by atoms with Crippen molar-refractivity contribution in [3.8, 4) is 0 Å². The molecule has 0 rings (SSSR count). The molecule has 0 amide bonds. The largest absolute Gasteiger partial charge is 0.472 e. The van der Waals surface area contributed by atoms with Crippen LogP contribution in [0.5, 0.6) is 0 Å². The Morgan fingerprint density at radius 3 is 1.16 bits per heavy atom. The zero-order valence-corrected chi connectivity index (χ0v) is 45.1. The van der Waals surface area contributed by atoms with Crippen molar-refractivity contribution < 1.29 is 52.2 Å². The lowest BCUT2D eigenvalue weighted by Gasteiger charge is -2.21. The molecule has 3 unspecified atom stereocenters. The van der Waals surface area contributed by atoms with Gasteiger partial charge in [0.25, 0.3) is 0 Å². The number of carbonyl (C=O) groups excluding carboxylic acids is 3. The van der Waals surface area contributed by atoms with E-state index in [0.29, 0.717) is 19.3 Å². The smallest absolute Gasteiger partial charge is 0.462 e. The third kappa shape index (κ3) is 49.6. The van der Waals surface area contributed by atoms with Crippen molar-refractivity contribution in [2.75, 3.05) is 26.4 Å². The van der Waals surface area contributed by atoms with E-state index < -0.39 is 57.8 Å². The molecular formula is C58H99O11P. The zero-order chi connectivity index (χ0) is 51.3. The Labute approximate surface area is 426 Å². The first-order valence-corrected chi connectivity index (χ1v) is 29.0. The van der Waals surface area contributed by atoms with E-state index in [1.165, 1.54) is 25.7 Å². The van der Waals surface area contributed by atoms with Gasteiger partial charge in [0.15, 0.2) is 6.10 Å². The molecule has 2 N–H and O–H groups in total. The molecule has 70 heavy (non-hydrogen) atoms. The number of ether oxygens (including phenoxy) is 3. The summed E-state index contributed by atoms with van der Waals surface area (Å²) in [6.45, 7) is 4.35. The fourth-order valence-electron chi connectivity index (χ4n) is 7.14. The lowest BCUT2D eigenvalue weighted by molar-refractivity contribution is -0.161. The summed E-state index contributed by atoms with van der Waals surface area (Å²) in [5.41, 5.74) is 0. The van der Waals surface area contributed by atoms with E-state index in [0.717, 1.165) is 141 Å².